The molecule has 0 heterocycles. The van der Waals surface area contributed by atoms with Crippen LogP contribution in [0, 0.1) is 0 Å². The highest BCUT2D eigenvalue weighted by Crippen LogP contribution is 2.21. The molecule has 0 atom stereocenters. The summed E-state index contributed by atoms with van der Waals surface area (Å²) in [5, 5.41) is 17.1. The minimum atomic E-state index is -1.22. The zero-order chi connectivity index (χ0) is 22.6. The van der Waals surface area contributed by atoms with Gasteiger partial charge < -0.3 is 33.9 Å². The molecule has 0 bridgehead atoms. The fourth-order valence-electron chi connectivity index (χ4n) is 2.09. The van der Waals surface area contributed by atoms with Gasteiger partial charge in [0.15, 0.2) is 13.2 Å². The van der Waals surface area contributed by atoms with Gasteiger partial charge in [0.05, 0.1) is 0 Å². The Labute approximate surface area is 175 Å². The van der Waals surface area contributed by atoms with Crippen LogP contribution in [0.25, 0.3) is 0 Å². The molecule has 164 valence electrons. The number of ether oxygens (including phenoxy) is 5. The molecule has 11 nitrogen and oxygen atoms in total. The zero-order valence-electron chi connectivity index (χ0n) is 16.0. The molecular weight excluding hydrogens is 416 g/mol. The predicted molar refractivity (Wildman–Crippen MR) is 101 cm³/mol. The lowest BCUT2D eigenvalue weighted by Crippen LogP contribution is -2.19. The SMILES string of the molecule is O=C(O)COCC(=O)Oc1cccc(OC(=O)COc2cccc(OCC(=O)O)c2)c1. The molecule has 2 rings (SSSR count). The fraction of sp³-hybridized carbons (Fsp3) is 0.200. The van der Waals surface area contributed by atoms with Crippen molar-refractivity contribution in [2.45, 2.75) is 0 Å². The molecule has 11 heteroatoms. The van der Waals surface area contributed by atoms with Gasteiger partial charge in [0.25, 0.3) is 0 Å². The van der Waals surface area contributed by atoms with Gasteiger partial charge in [-0.1, -0.05) is 12.1 Å². The lowest BCUT2D eigenvalue weighted by Gasteiger charge is -2.09. The molecule has 2 aromatic carbocycles. The van der Waals surface area contributed by atoms with Crippen LogP contribution < -0.4 is 18.9 Å². The lowest BCUT2D eigenvalue weighted by atomic mass is 10.3. The van der Waals surface area contributed by atoms with Crippen molar-refractivity contribution in [3.8, 4) is 23.0 Å². The zero-order valence-corrected chi connectivity index (χ0v) is 16.0. The monoisotopic (exact) mass is 434 g/mol. The number of carbonyl (C=O) groups excluding carboxylic acids is 2. The van der Waals surface area contributed by atoms with E-state index in [2.05, 4.69) is 4.74 Å². The largest absolute Gasteiger partial charge is 0.482 e. The van der Waals surface area contributed by atoms with Gasteiger partial charge in [-0.15, -0.1) is 0 Å². The van der Waals surface area contributed by atoms with Crippen LogP contribution in [0.3, 0.4) is 0 Å². The number of carbonyl (C=O) groups is 4. The first-order chi connectivity index (χ1) is 14.8. The van der Waals surface area contributed by atoms with Crippen LogP contribution in [0.2, 0.25) is 0 Å². The number of hydrogen-bond acceptors (Lipinski definition) is 9. The van der Waals surface area contributed by atoms with Crippen LogP contribution in [-0.4, -0.2) is 60.5 Å². The molecule has 0 unspecified atom stereocenters. The summed E-state index contributed by atoms with van der Waals surface area (Å²) in [5.41, 5.74) is 0. The van der Waals surface area contributed by atoms with Crippen LogP contribution in [0.1, 0.15) is 0 Å². The van der Waals surface area contributed by atoms with Gasteiger partial charge in [0, 0.05) is 12.1 Å². The molecule has 0 aliphatic rings. The van der Waals surface area contributed by atoms with Crippen LogP contribution in [0.15, 0.2) is 48.5 Å². The average Bonchev–Trinajstić information content (AvgIpc) is 2.71. The van der Waals surface area contributed by atoms with Gasteiger partial charge in [-0.2, -0.15) is 0 Å². The van der Waals surface area contributed by atoms with E-state index in [4.69, 9.17) is 29.2 Å². The smallest absolute Gasteiger partial charge is 0.349 e. The van der Waals surface area contributed by atoms with Gasteiger partial charge in [-0.3, -0.25) is 0 Å². The van der Waals surface area contributed by atoms with Crippen molar-refractivity contribution in [1.82, 2.24) is 0 Å². The number of benzene rings is 2. The molecule has 0 saturated carbocycles. The van der Waals surface area contributed by atoms with Crippen molar-refractivity contribution < 1.29 is 53.1 Å². The summed E-state index contributed by atoms with van der Waals surface area (Å²) < 4.78 is 25.0. The van der Waals surface area contributed by atoms with Gasteiger partial charge >= 0.3 is 23.9 Å². The third-order valence-electron chi connectivity index (χ3n) is 3.24. The van der Waals surface area contributed by atoms with Gasteiger partial charge in [0.2, 0.25) is 0 Å². The van der Waals surface area contributed by atoms with E-state index in [-0.39, 0.29) is 23.0 Å². The Hall–Kier alpha value is -4.12. The Kier molecular flexibility index (Phi) is 8.80. The maximum Gasteiger partial charge on any atom is 0.349 e. The van der Waals surface area contributed by atoms with E-state index < -0.39 is 50.3 Å². The second kappa shape index (κ2) is 11.8. The first-order valence-corrected chi connectivity index (χ1v) is 8.70. The van der Waals surface area contributed by atoms with Crippen molar-refractivity contribution in [2.24, 2.45) is 0 Å². The highest BCUT2D eigenvalue weighted by atomic mass is 16.6. The normalized spacial score (nSPS) is 10.1. The van der Waals surface area contributed by atoms with Crippen molar-refractivity contribution in [2.75, 3.05) is 26.4 Å². The molecule has 31 heavy (non-hydrogen) atoms. The van der Waals surface area contributed by atoms with Gasteiger partial charge in [-0.25, -0.2) is 19.2 Å². The number of aliphatic carboxylic acids is 2. The standard InChI is InChI=1S/C20H18O11/c21-17(22)9-27-11-19(25)30-15-5-2-6-16(8-15)31-20(26)12-29-14-4-1-3-13(7-14)28-10-18(23)24/h1-8H,9-12H2,(H,21,22)(H,23,24). The Balaban J connectivity index is 1.82. The van der Waals surface area contributed by atoms with E-state index in [1.165, 1.54) is 36.4 Å². The number of rotatable bonds is 12. The number of esters is 2. The van der Waals surface area contributed by atoms with Crippen LogP contribution in [0.4, 0.5) is 0 Å². The van der Waals surface area contributed by atoms with E-state index in [1.54, 1.807) is 12.1 Å². The maximum atomic E-state index is 12.0. The highest BCUT2D eigenvalue weighted by molar-refractivity contribution is 5.76. The molecule has 2 N–H and O–H groups in total. The predicted octanol–water partition coefficient (Wildman–Crippen LogP) is 1.14. The molecule has 0 amide bonds. The van der Waals surface area contributed by atoms with E-state index in [9.17, 15) is 19.2 Å². The van der Waals surface area contributed by atoms with E-state index >= 15 is 0 Å². The Morgan fingerprint density at radius 1 is 0.613 bits per heavy atom. The lowest BCUT2D eigenvalue weighted by molar-refractivity contribution is -0.147. The molecular formula is C20H18O11. The van der Waals surface area contributed by atoms with Crippen LogP contribution in [0.5, 0.6) is 23.0 Å². The minimum Gasteiger partial charge on any atom is -0.482 e. The summed E-state index contributed by atoms with van der Waals surface area (Å²) in [4.78, 5) is 44.4. The third-order valence-corrected chi connectivity index (χ3v) is 3.24. The average molecular weight is 434 g/mol. The molecule has 0 fully saturated rings. The molecule has 2 aromatic rings. The Morgan fingerprint density at radius 3 is 1.61 bits per heavy atom. The number of carboxylic acids is 2. The molecule has 0 saturated heterocycles. The Morgan fingerprint density at radius 2 is 1.06 bits per heavy atom. The molecule has 0 spiro atoms. The van der Waals surface area contributed by atoms with Gasteiger partial charge in [-0.05, 0) is 24.3 Å². The molecule has 0 radical (unpaired) electrons. The molecule has 0 aliphatic heterocycles. The first-order valence-electron chi connectivity index (χ1n) is 8.70. The summed E-state index contributed by atoms with van der Waals surface area (Å²) in [6.07, 6.45) is 0. The topological polar surface area (TPSA) is 155 Å². The number of hydrogen-bond donors (Lipinski definition) is 2. The second-order valence-electron chi connectivity index (χ2n) is 5.76. The van der Waals surface area contributed by atoms with Crippen molar-refractivity contribution in [3.63, 3.8) is 0 Å². The van der Waals surface area contributed by atoms with Crippen molar-refractivity contribution >= 4 is 23.9 Å². The van der Waals surface area contributed by atoms with Crippen molar-refractivity contribution in [3.05, 3.63) is 48.5 Å². The Bertz CT molecular complexity index is 938. The van der Waals surface area contributed by atoms with E-state index in [0.717, 1.165) is 0 Å². The van der Waals surface area contributed by atoms with Crippen LogP contribution in [-0.2, 0) is 23.9 Å². The summed E-state index contributed by atoms with van der Waals surface area (Å²) >= 11 is 0. The summed E-state index contributed by atoms with van der Waals surface area (Å²) in [6, 6.07) is 11.7. The fourth-order valence-corrected chi connectivity index (χ4v) is 2.09. The summed E-state index contributed by atoms with van der Waals surface area (Å²) in [7, 11) is 0. The van der Waals surface area contributed by atoms with Crippen molar-refractivity contribution in [1.29, 1.82) is 0 Å². The highest BCUT2D eigenvalue weighted by Gasteiger charge is 2.11. The summed E-state index contributed by atoms with van der Waals surface area (Å²) in [5.74, 6) is -3.23. The quantitative estimate of drug-likeness (QED) is 0.365. The third kappa shape index (κ3) is 9.28. The molecule has 0 aliphatic carbocycles. The number of carboxylic acid groups (broad SMARTS) is 2. The summed E-state index contributed by atoms with van der Waals surface area (Å²) in [6.45, 7) is -2.16. The van der Waals surface area contributed by atoms with Gasteiger partial charge in [0.1, 0.15) is 36.2 Å². The van der Waals surface area contributed by atoms with Crippen LogP contribution >= 0.6 is 0 Å². The minimum absolute atomic E-state index is 0.0680. The first kappa shape index (κ1) is 23.2. The second-order valence-corrected chi connectivity index (χ2v) is 5.76. The van der Waals surface area contributed by atoms with E-state index in [1.807, 2.05) is 0 Å². The molecule has 0 aromatic heterocycles. The van der Waals surface area contributed by atoms with E-state index in [0.29, 0.717) is 0 Å². The maximum absolute atomic E-state index is 12.0.